The van der Waals surface area contributed by atoms with E-state index >= 15 is 0 Å². The Hall–Kier alpha value is -1.58. The predicted molar refractivity (Wildman–Crippen MR) is 80.0 cm³/mol. The minimum atomic E-state index is 0.144. The molecule has 1 amide bonds. The molecule has 2 fully saturated rings. The zero-order chi connectivity index (χ0) is 13.9. The second-order valence-corrected chi connectivity index (χ2v) is 6.10. The Bertz CT molecular complexity index is 474. The number of pyridine rings is 1. The summed E-state index contributed by atoms with van der Waals surface area (Å²) < 4.78 is 0. The molecule has 0 unspecified atom stereocenters. The minimum absolute atomic E-state index is 0.144. The molecule has 0 saturated carbocycles. The second kappa shape index (κ2) is 5.81. The van der Waals surface area contributed by atoms with Gasteiger partial charge in [-0.1, -0.05) is 6.92 Å². The number of hydrogen-bond acceptors (Lipinski definition) is 3. The smallest absolute Gasteiger partial charge is 0.255 e. The summed E-state index contributed by atoms with van der Waals surface area (Å²) in [5.41, 5.74) is 1.84. The molecule has 1 aromatic heterocycles. The standard InChI is InChI=1S/C16H23N3O/c1-13-4-8-19(9-5-13)16(20)14-10-15(12-17-11-14)18-6-2-3-7-18/h10-13H,2-9H2,1H3. The van der Waals surface area contributed by atoms with Crippen LogP contribution in [-0.2, 0) is 0 Å². The van der Waals surface area contributed by atoms with Gasteiger partial charge in [-0.3, -0.25) is 9.78 Å². The van der Waals surface area contributed by atoms with Crippen molar-refractivity contribution < 1.29 is 4.79 Å². The topological polar surface area (TPSA) is 36.4 Å². The third-order valence-corrected chi connectivity index (χ3v) is 4.51. The highest BCUT2D eigenvalue weighted by Crippen LogP contribution is 2.22. The number of carbonyl (C=O) groups excluding carboxylic acids is 1. The van der Waals surface area contributed by atoms with Crippen molar-refractivity contribution in [2.45, 2.75) is 32.6 Å². The molecular formula is C16H23N3O. The van der Waals surface area contributed by atoms with Gasteiger partial charge in [0.15, 0.2) is 0 Å². The Kier molecular flexibility index (Phi) is 3.90. The molecule has 108 valence electrons. The monoisotopic (exact) mass is 273 g/mol. The van der Waals surface area contributed by atoms with Crippen LogP contribution in [0.2, 0.25) is 0 Å². The van der Waals surface area contributed by atoms with Gasteiger partial charge in [0.1, 0.15) is 0 Å². The van der Waals surface area contributed by atoms with Gasteiger partial charge < -0.3 is 9.80 Å². The Balaban J connectivity index is 1.72. The van der Waals surface area contributed by atoms with E-state index in [9.17, 15) is 4.79 Å². The van der Waals surface area contributed by atoms with Crippen LogP contribution in [0.4, 0.5) is 5.69 Å². The first-order valence-corrected chi connectivity index (χ1v) is 7.73. The first-order valence-electron chi connectivity index (χ1n) is 7.73. The Labute approximate surface area is 120 Å². The van der Waals surface area contributed by atoms with Crippen molar-refractivity contribution in [2.24, 2.45) is 5.92 Å². The van der Waals surface area contributed by atoms with Gasteiger partial charge in [0.2, 0.25) is 0 Å². The Morgan fingerprint density at radius 2 is 1.85 bits per heavy atom. The molecule has 0 aliphatic carbocycles. The number of anilines is 1. The molecule has 4 heteroatoms. The van der Waals surface area contributed by atoms with E-state index in [1.54, 1.807) is 6.20 Å². The van der Waals surface area contributed by atoms with Gasteiger partial charge in [0.25, 0.3) is 5.91 Å². The molecule has 0 N–H and O–H groups in total. The summed E-state index contributed by atoms with van der Waals surface area (Å²) in [5.74, 6) is 0.888. The molecule has 0 aromatic carbocycles. The maximum atomic E-state index is 12.5. The second-order valence-electron chi connectivity index (χ2n) is 6.10. The molecule has 0 radical (unpaired) electrons. The van der Waals surface area contributed by atoms with Crippen molar-refractivity contribution in [2.75, 3.05) is 31.1 Å². The fourth-order valence-electron chi connectivity index (χ4n) is 3.09. The first-order chi connectivity index (χ1) is 9.74. The lowest BCUT2D eigenvalue weighted by atomic mass is 9.99. The van der Waals surface area contributed by atoms with Gasteiger partial charge in [-0.05, 0) is 37.7 Å². The Morgan fingerprint density at radius 3 is 2.55 bits per heavy atom. The maximum Gasteiger partial charge on any atom is 0.255 e. The summed E-state index contributed by atoms with van der Waals surface area (Å²) in [5, 5.41) is 0. The van der Waals surface area contributed by atoms with Crippen molar-refractivity contribution >= 4 is 11.6 Å². The van der Waals surface area contributed by atoms with E-state index < -0.39 is 0 Å². The predicted octanol–water partition coefficient (Wildman–Crippen LogP) is 2.55. The van der Waals surface area contributed by atoms with Crippen LogP contribution in [0.1, 0.15) is 43.0 Å². The summed E-state index contributed by atoms with van der Waals surface area (Å²) in [4.78, 5) is 21.1. The van der Waals surface area contributed by atoms with Crippen molar-refractivity contribution in [1.29, 1.82) is 0 Å². The highest BCUT2D eigenvalue weighted by Gasteiger charge is 2.22. The number of carbonyl (C=O) groups is 1. The molecule has 0 bridgehead atoms. The van der Waals surface area contributed by atoms with Crippen LogP contribution in [0.3, 0.4) is 0 Å². The molecule has 3 rings (SSSR count). The number of hydrogen-bond donors (Lipinski definition) is 0. The molecule has 3 heterocycles. The largest absolute Gasteiger partial charge is 0.370 e. The van der Waals surface area contributed by atoms with Crippen LogP contribution in [0.5, 0.6) is 0 Å². The van der Waals surface area contributed by atoms with E-state index in [0.29, 0.717) is 0 Å². The minimum Gasteiger partial charge on any atom is -0.370 e. The van der Waals surface area contributed by atoms with E-state index in [1.165, 1.54) is 12.8 Å². The SMILES string of the molecule is CC1CCN(C(=O)c2cncc(N3CCCC3)c2)CC1. The van der Waals surface area contributed by atoms with Crippen molar-refractivity contribution in [3.8, 4) is 0 Å². The van der Waals surface area contributed by atoms with Crippen LogP contribution in [0.15, 0.2) is 18.5 Å². The van der Waals surface area contributed by atoms with Crippen molar-refractivity contribution in [1.82, 2.24) is 9.88 Å². The molecule has 2 saturated heterocycles. The van der Waals surface area contributed by atoms with E-state index in [2.05, 4.69) is 16.8 Å². The maximum absolute atomic E-state index is 12.5. The molecule has 0 atom stereocenters. The lowest BCUT2D eigenvalue weighted by Crippen LogP contribution is -2.38. The van der Waals surface area contributed by atoms with Crippen molar-refractivity contribution in [3.63, 3.8) is 0 Å². The number of aromatic nitrogens is 1. The fourth-order valence-corrected chi connectivity index (χ4v) is 3.09. The van der Waals surface area contributed by atoms with E-state index in [4.69, 9.17) is 0 Å². The highest BCUT2D eigenvalue weighted by molar-refractivity contribution is 5.94. The van der Waals surface area contributed by atoms with Gasteiger partial charge in [-0.25, -0.2) is 0 Å². The molecule has 2 aliphatic rings. The normalized spacial score (nSPS) is 20.4. The lowest BCUT2D eigenvalue weighted by Gasteiger charge is -2.30. The van der Waals surface area contributed by atoms with Crippen LogP contribution < -0.4 is 4.90 Å². The average molecular weight is 273 g/mol. The van der Waals surface area contributed by atoms with Gasteiger partial charge in [0, 0.05) is 32.4 Å². The summed E-state index contributed by atoms with van der Waals surface area (Å²) >= 11 is 0. The van der Waals surface area contributed by atoms with Crippen molar-refractivity contribution in [3.05, 3.63) is 24.0 Å². The molecular weight excluding hydrogens is 250 g/mol. The lowest BCUT2D eigenvalue weighted by molar-refractivity contribution is 0.0697. The highest BCUT2D eigenvalue weighted by atomic mass is 16.2. The summed E-state index contributed by atoms with van der Waals surface area (Å²) in [6.45, 7) is 6.19. The van der Waals surface area contributed by atoms with Crippen LogP contribution in [0.25, 0.3) is 0 Å². The van der Waals surface area contributed by atoms with Gasteiger partial charge in [-0.2, -0.15) is 0 Å². The third-order valence-electron chi connectivity index (χ3n) is 4.51. The van der Waals surface area contributed by atoms with Gasteiger partial charge in [-0.15, -0.1) is 0 Å². The first kappa shape index (κ1) is 13.4. The van der Waals surface area contributed by atoms with E-state index in [-0.39, 0.29) is 5.91 Å². The molecule has 20 heavy (non-hydrogen) atoms. The number of likely N-dealkylation sites (tertiary alicyclic amines) is 1. The van der Waals surface area contributed by atoms with E-state index in [0.717, 1.165) is 56.2 Å². The zero-order valence-electron chi connectivity index (χ0n) is 12.2. The van der Waals surface area contributed by atoms with Crippen LogP contribution in [-0.4, -0.2) is 42.0 Å². The zero-order valence-corrected chi connectivity index (χ0v) is 12.2. The number of piperidine rings is 1. The summed E-state index contributed by atoms with van der Waals surface area (Å²) in [6.07, 6.45) is 8.29. The quantitative estimate of drug-likeness (QED) is 0.831. The van der Waals surface area contributed by atoms with Crippen LogP contribution >= 0.6 is 0 Å². The molecule has 0 spiro atoms. The number of amides is 1. The molecule has 4 nitrogen and oxygen atoms in total. The fraction of sp³-hybridized carbons (Fsp3) is 0.625. The summed E-state index contributed by atoms with van der Waals surface area (Å²) in [7, 11) is 0. The number of nitrogens with zero attached hydrogens (tertiary/aromatic N) is 3. The summed E-state index contributed by atoms with van der Waals surface area (Å²) in [6, 6.07) is 2.01. The third kappa shape index (κ3) is 2.79. The molecule has 2 aliphatic heterocycles. The van der Waals surface area contributed by atoms with Gasteiger partial charge in [0.05, 0.1) is 17.4 Å². The molecule has 1 aromatic rings. The average Bonchev–Trinajstić information content (AvgIpc) is 3.02. The Morgan fingerprint density at radius 1 is 1.15 bits per heavy atom. The van der Waals surface area contributed by atoms with Gasteiger partial charge >= 0.3 is 0 Å². The van der Waals surface area contributed by atoms with Crippen LogP contribution in [0, 0.1) is 5.92 Å². The van der Waals surface area contributed by atoms with E-state index in [1.807, 2.05) is 17.2 Å². The number of rotatable bonds is 2.